The van der Waals surface area contributed by atoms with Gasteiger partial charge in [-0.05, 0) is 36.4 Å². The molecule has 1 aliphatic rings. The van der Waals surface area contributed by atoms with Crippen LogP contribution in [0.15, 0.2) is 30.5 Å². The van der Waals surface area contributed by atoms with E-state index in [4.69, 9.17) is 5.73 Å². The monoisotopic (exact) mass is 229 g/mol. The second kappa shape index (κ2) is 3.80. The van der Waals surface area contributed by atoms with Gasteiger partial charge in [0.1, 0.15) is 6.54 Å². The number of amides is 1. The van der Waals surface area contributed by atoms with E-state index in [9.17, 15) is 4.79 Å². The average Bonchev–Trinajstić information content (AvgIpc) is 3.01. The summed E-state index contributed by atoms with van der Waals surface area (Å²) in [6.45, 7) is 0.365. The molecule has 17 heavy (non-hydrogen) atoms. The van der Waals surface area contributed by atoms with Crippen molar-refractivity contribution in [3.8, 4) is 0 Å². The number of anilines is 1. The van der Waals surface area contributed by atoms with Crippen LogP contribution in [-0.2, 0) is 11.3 Å². The van der Waals surface area contributed by atoms with E-state index >= 15 is 0 Å². The summed E-state index contributed by atoms with van der Waals surface area (Å²) in [6, 6.07) is 8.16. The number of hydrogen-bond acceptors (Lipinski definition) is 2. The van der Waals surface area contributed by atoms with Crippen molar-refractivity contribution in [2.45, 2.75) is 25.4 Å². The third-order valence-corrected chi connectivity index (χ3v) is 3.05. The van der Waals surface area contributed by atoms with E-state index in [1.165, 1.54) is 0 Å². The summed E-state index contributed by atoms with van der Waals surface area (Å²) in [5, 5.41) is 4.09. The molecule has 1 fully saturated rings. The number of nitrogens with one attached hydrogen (secondary N) is 1. The number of carbonyl (C=O) groups is 1. The molecular weight excluding hydrogens is 214 g/mol. The van der Waals surface area contributed by atoms with Crippen LogP contribution in [0.1, 0.15) is 12.8 Å². The number of nitrogens with two attached hydrogens (primary N) is 1. The fourth-order valence-corrected chi connectivity index (χ4v) is 1.99. The van der Waals surface area contributed by atoms with Crippen LogP contribution >= 0.6 is 0 Å². The molecule has 0 atom stereocenters. The summed E-state index contributed by atoms with van der Waals surface area (Å²) >= 11 is 0. The minimum atomic E-state index is 0.0763. The number of benzene rings is 1. The van der Waals surface area contributed by atoms with Gasteiger partial charge >= 0.3 is 0 Å². The van der Waals surface area contributed by atoms with Gasteiger partial charge < -0.3 is 15.6 Å². The third-order valence-electron chi connectivity index (χ3n) is 3.05. The van der Waals surface area contributed by atoms with Gasteiger partial charge in [0.2, 0.25) is 5.91 Å². The van der Waals surface area contributed by atoms with Crippen molar-refractivity contribution in [1.29, 1.82) is 0 Å². The minimum Gasteiger partial charge on any atom is -0.399 e. The van der Waals surface area contributed by atoms with E-state index in [0.29, 0.717) is 12.6 Å². The topological polar surface area (TPSA) is 60.0 Å². The standard InChI is InChI=1S/C13H15N3O/c14-10-2-1-9-5-6-16(12(9)7-10)8-13(17)15-11-3-4-11/h1-2,5-7,11H,3-4,8,14H2,(H,15,17). The highest BCUT2D eigenvalue weighted by Crippen LogP contribution is 2.20. The van der Waals surface area contributed by atoms with Crippen LogP contribution in [0, 0.1) is 0 Å². The van der Waals surface area contributed by atoms with E-state index in [0.717, 1.165) is 29.4 Å². The molecule has 88 valence electrons. The molecule has 0 bridgehead atoms. The van der Waals surface area contributed by atoms with E-state index in [1.807, 2.05) is 35.0 Å². The second-order valence-corrected chi connectivity index (χ2v) is 4.60. The van der Waals surface area contributed by atoms with Gasteiger partial charge in [0.15, 0.2) is 0 Å². The lowest BCUT2D eigenvalue weighted by Gasteiger charge is -2.06. The summed E-state index contributed by atoms with van der Waals surface area (Å²) in [7, 11) is 0. The SMILES string of the molecule is Nc1ccc2ccn(CC(=O)NC3CC3)c2c1. The van der Waals surface area contributed by atoms with Gasteiger partial charge in [-0.3, -0.25) is 4.79 Å². The molecule has 1 amide bonds. The fraction of sp³-hybridized carbons (Fsp3) is 0.308. The molecule has 1 aromatic heterocycles. The molecule has 4 heteroatoms. The lowest BCUT2D eigenvalue weighted by molar-refractivity contribution is -0.121. The Kier molecular flexibility index (Phi) is 2.28. The van der Waals surface area contributed by atoms with Crippen LogP contribution in [0.3, 0.4) is 0 Å². The second-order valence-electron chi connectivity index (χ2n) is 4.60. The van der Waals surface area contributed by atoms with Gasteiger partial charge in [0.05, 0.1) is 5.52 Å². The zero-order valence-corrected chi connectivity index (χ0v) is 9.52. The maximum atomic E-state index is 11.7. The normalized spacial score (nSPS) is 15.1. The van der Waals surface area contributed by atoms with Gasteiger partial charge in [-0.15, -0.1) is 0 Å². The first-order valence-electron chi connectivity index (χ1n) is 5.86. The zero-order valence-electron chi connectivity index (χ0n) is 9.52. The number of rotatable bonds is 3. The summed E-state index contributed by atoms with van der Waals surface area (Å²) in [4.78, 5) is 11.7. The maximum Gasteiger partial charge on any atom is 0.240 e. The lowest BCUT2D eigenvalue weighted by Crippen LogP contribution is -2.29. The molecule has 0 saturated heterocycles. The quantitative estimate of drug-likeness (QED) is 0.784. The van der Waals surface area contributed by atoms with Gasteiger partial charge in [-0.25, -0.2) is 0 Å². The summed E-state index contributed by atoms with van der Waals surface area (Å²) in [5.41, 5.74) is 7.49. The first kappa shape index (κ1) is 10.2. The zero-order chi connectivity index (χ0) is 11.8. The van der Waals surface area contributed by atoms with E-state index < -0.39 is 0 Å². The Morgan fingerprint density at radius 1 is 1.41 bits per heavy atom. The van der Waals surface area contributed by atoms with Crippen LogP contribution in [0.25, 0.3) is 10.9 Å². The van der Waals surface area contributed by atoms with Crippen molar-refractivity contribution in [2.24, 2.45) is 0 Å². The van der Waals surface area contributed by atoms with Crippen LogP contribution in [0.4, 0.5) is 5.69 Å². The maximum absolute atomic E-state index is 11.7. The number of aromatic nitrogens is 1. The predicted molar refractivity (Wildman–Crippen MR) is 67.5 cm³/mol. The van der Waals surface area contributed by atoms with Crippen molar-refractivity contribution in [3.63, 3.8) is 0 Å². The van der Waals surface area contributed by atoms with Gasteiger partial charge in [-0.1, -0.05) is 6.07 Å². The molecule has 0 radical (unpaired) electrons. The van der Waals surface area contributed by atoms with Crippen LogP contribution in [0.5, 0.6) is 0 Å². The molecule has 1 heterocycles. The predicted octanol–water partition coefficient (Wildman–Crippen LogP) is 1.50. The molecule has 1 aliphatic carbocycles. The highest BCUT2D eigenvalue weighted by Gasteiger charge is 2.23. The number of nitrogen functional groups attached to an aromatic ring is 1. The summed E-state index contributed by atoms with van der Waals surface area (Å²) in [5.74, 6) is 0.0763. The number of carbonyl (C=O) groups excluding carboxylic acids is 1. The van der Waals surface area contributed by atoms with Gasteiger partial charge in [0, 0.05) is 17.9 Å². The lowest BCUT2D eigenvalue weighted by atomic mass is 10.2. The van der Waals surface area contributed by atoms with Crippen molar-refractivity contribution in [2.75, 3.05) is 5.73 Å². The van der Waals surface area contributed by atoms with Gasteiger partial charge in [0.25, 0.3) is 0 Å². The summed E-state index contributed by atoms with van der Waals surface area (Å²) in [6.07, 6.45) is 4.16. The average molecular weight is 229 g/mol. The van der Waals surface area contributed by atoms with Crippen LogP contribution in [-0.4, -0.2) is 16.5 Å². The first-order chi connectivity index (χ1) is 8.22. The molecule has 0 spiro atoms. The third kappa shape index (κ3) is 2.11. The van der Waals surface area contributed by atoms with Crippen LogP contribution in [0.2, 0.25) is 0 Å². The van der Waals surface area contributed by atoms with Gasteiger partial charge in [-0.2, -0.15) is 0 Å². The Hall–Kier alpha value is -1.97. The fourth-order valence-electron chi connectivity index (χ4n) is 1.99. The van der Waals surface area contributed by atoms with Crippen molar-refractivity contribution < 1.29 is 4.79 Å². The van der Waals surface area contributed by atoms with E-state index in [1.54, 1.807) is 0 Å². The molecule has 2 aromatic rings. The largest absolute Gasteiger partial charge is 0.399 e. The number of fused-ring (bicyclic) bond motifs is 1. The molecule has 3 N–H and O–H groups in total. The highest BCUT2D eigenvalue weighted by molar-refractivity contribution is 5.85. The van der Waals surface area contributed by atoms with E-state index in [2.05, 4.69) is 5.32 Å². The number of hydrogen-bond donors (Lipinski definition) is 2. The summed E-state index contributed by atoms with van der Waals surface area (Å²) < 4.78 is 1.93. The Labute approximate surface area is 99.4 Å². The molecule has 0 aliphatic heterocycles. The molecular formula is C13H15N3O. The Morgan fingerprint density at radius 3 is 3.00 bits per heavy atom. The molecule has 0 unspecified atom stereocenters. The minimum absolute atomic E-state index is 0.0763. The molecule has 3 rings (SSSR count). The molecule has 4 nitrogen and oxygen atoms in total. The van der Waals surface area contributed by atoms with Crippen molar-refractivity contribution in [3.05, 3.63) is 30.5 Å². The first-order valence-corrected chi connectivity index (χ1v) is 5.86. The van der Waals surface area contributed by atoms with E-state index in [-0.39, 0.29) is 5.91 Å². The van der Waals surface area contributed by atoms with Crippen molar-refractivity contribution >= 4 is 22.5 Å². The highest BCUT2D eigenvalue weighted by atomic mass is 16.2. The molecule has 1 aromatic carbocycles. The smallest absolute Gasteiger partial charge is 0.240 e. The Balaban J connectivity index is 1.83. The Bertz CT molecular complexity index is 569. The number of nitrogens with zero attached hydrogens (tertiary/aromatic N) is 1. The molecule has 1 saturated carbocycles. The van der Waals surface area contributed by atoms with Crippen molar-refractivity contribution in [1.82, 2.24) is 9.88 Å². The Morgan fingerprint density at radius 2 is 2.24 bits per heavy atom. The van der Waals surface area contributed by atoms with Crippen LogP contribution < -0.4 is 11.1 Å².